The molecule has 0 atom stereocenters. The van der Waals surface area contributed by atoms with E-state index in [1.54, 1.807) is 36.4 Å². The first kappa shape index (κ1) is 17.9. The maximum atomic E-state index is 14.9. The molecule has 3 rings (SSSR count). The summed E-state index contributed by atoms with van der Waals surface area (Å²) in [5, 5.41) is 16.1. The Hall–Kier alpha value is -1.88. The van der Waals surface area contributed by atoms with Gasteiger partial charge in [-0.25, -0.2) is 13.4 Å². The van der Waals surface area contributed by atoms with Crippen LogP contribution in [0.25, 0.3) is 11.3 Å². The van der Waals surface area contributed by atoms with E-state index in [1.807, 2.05) is 18.4 Å². The van der Waals surface area contributed by atoms with Crippen molar-refractivity contribution in [1.29, 1.82) is 5.26 Å². The summed E-state index contributed by atoms with van der Waals surface area (Å²) in [6.07, 6.45) is 3.90. The first-order valence-electron chi connectivity index (χ1n) is 8.42. The van der Waals surface area contributed by atoms with E-state index in [0.717, 1.165) is 25.7 Å². The van der Waals surface area contributed by atoms with Crippen molar-refractivity contribution in [1.82, 2.24) is 19.2 Å². The van der Waals surface area contributed by atoms with Crippen molar-refractivity contribution < 1.29 is 4.39 Å². The van der Waals surface area contributed by atoms with Gasteiger partial charge in [0.15, 0.2) is 5.82 Å². The zero-order chi connectivity index (χ0) is 17.8. The van der Waals surface area contributed by atoms with Gasteiger partial charge >= 0.3 is 0 Å². The minimum atomic E-state index is -0.283. The Bertz CT molecular complexity index is 759. The van der Waals surface area contributed by atoms with Crippen molar-refractivity contribution in [2.24, 2.45) is 0 Å². The third kappa shape index (κ3) is 4.21. The van der Waals surface area contributed by atoms with Gasteiger partial charge in [-0.3, -0.25) is 5.10 Å². The van der Waals surface area contributed by atoms with Crippen molar-refractivity contribution in [2.75, 3.05) is 14.1 Å². The number of nitrogens with one attached hydrogen (secondary N) is 2. The first-order valence-corrected chi connectivity index (χ1v) is 9.20. The third-order valence-corrected chi connectivity index (χ3v) is 5.34. The van der Waals surface area contributed by atoms with Crippen LogP contribution in [0.5, 0.6) is 0 Å². The molecule has 1 aromatic carbocycles. The van der Waals surface area contributed by atoms with Crippen LogP contribution < -0.4 is 4.72 Å². The van der Waals surface area contributed by atoms with E-state index in [-0.39, 0.29) is 11.7 Å². The average molecular weight is 359 g/mol. The number of rotatable bonds is 5. The van der Waals surface area contributed by atoms with Crippen LogP contribution in [0.1, 0.15) is 42.9 Å². The van der Waals surface area contributed by atoms with Crippen molar-refractivity contribution in [3.05, 3.63) is 41.3 Å². The monoisotopic (exact) mass is 359 g/mol. The van der Waals surface area contributed by atoms with Crippen molar-refractivity contribution >= 4 is 12.1 Å². The van der Waals surface area contributed by atoms with Gasteiger partial charge in [0.2, 0.25) is 0 Å². The highest BCUT2D eigenvalue weighted by molar-refractivity contribution is 7.95. The lowest BCUT2D eigenvalue weighted by molar-refractivity contribution is 0.368. The number of benzene rings is 1. The van der Waals surface area contributed by atoms with Crippen LogP contribution in [0.2, 0.25) is 0 Å². The number of halogens is 1. The molecule has 0 spiro atoms. The Kier molecular flexibility index (Phi) is 5.74. The number of H-pyrrole nitrogens is 1. The topological polar surface area (TPSA) is 67.7 Å². The summed E-state index contributed by atoms with van der Waals surface area (Å²) < 4.78 is 20.4. The smallest absolute Gasteiger partial charge is 0.172 e. The molecule has 2 N–H and O–H groups in total. The van der Waals surface area contributed by atoms with Crippen LogP contribution in [0, 0.1) is 17.1 Å². The number of aromatic nitrogens is 2. The zero-order valence-electron chi connectivity index (χ0n) is 14.4. The molecule has 0 radical (unpaired) electrons. The maximum Gasteiger partial charge on any atom is 0.172 e. The molecule has 7 heteroatoms. The largest absolute Gasteiger partial charge is 0.279 e. The quantitative estimate of drug-likeness (QED) is 0.794. The zero-order valence-corrected chi connectivity index (χ0v) is 15.2. The third-order valence-electron chi connectivity index (χ3n) is 4.54. The Labute approximate surface area is 151 Å². The van der Waals surface area contributed by atoms with Crippen LogP contribution in [0.15, 0.2) is 24.3 Å². The van der Waals surface area contributed by atoms with Crippen LogP contribution >= 0.6 is 12.1 Å². The van der Waals surface area contributed by atoms with Gasteiger partial charge in [0.1, 0.15) is 5.69 Å². The molecule has 2 aromatic rings. The molecule has 1 heterocycles. The number of nitriles is 1. The molecule has 1 fully saturated rings. The minimum Gasteiger partial charge on any atom is -0.279 e. The molecule has 0 unspecified atom stereocenters. The molecule has 1 saturated carbocycles. The molecule has 0 amide bonds. The maximum absolute atomic E-state index is 14.9. The summed E-state index contributed by atoms with van der Waals surface area (Å²) in [6.45, 7) is 0. The highest BCUT2D eigenvalue weighted by Gasteiger charge is 2.27. The summed E-state index contributed by atoms with van der Waals surface area (Å²) in [7, 11) is 4.01. The summed E-state index contributed by atoms with van der Waals surface area (Å²) in [4.78, 5) is 0. The van der Waals surface area contributed by atoms with Gasteiger partial charge in [-0.1, -0.05) is 12.1 Å². The fourth-order valence-corrected chi connectivity index (χ4v) is 3.82. The molecule has 1 aromatic heterocycles. The van der Waals surface area contributed by atoms with E-state index in [9.17, 15) is 4.39 Å². The van der Waals surface area contributed by atoms with Gasteiger partial charge in [-0.15, -0.1) is 0 Å². The van der Waals surface area contributed by atoms with E-state index >= 15 is 0 Å². The van der Waals surface area contributed by atoms with Gasteiger partial charge in [0.05, 0.1) is 17.3 Å². The van der Waals surface area contributed by atoms with Crippen LogP contribution in [-0.2, 0) is 0 Å². The van der Waals surface area contributed by atoms with Crippen LogP contribution in [0.4, 0.5) is 4.39 Å². The van der Waals surface area contributed by atoms with Crippen molar-refractivity contribution in [3.8, 4) is 17.3 Å². The standard InChI is InChI=1S/C18H22FN5S/c1-24(2)25-23-15-8-6-13(7-9-15)17-16(19)18(22-21-17)14-5-3-4-12(10-14)11-20/h3-5,10,13,15,23H,6-9H2,1-2H3,(H,21,22). The number of hydrogen-bond donors (Lipinski definition) is 2. The molecule has 132 valence electrons. The second-order valence-corrected chi connectivity index (χ2v) is 7.71. The summed E-state index contributed by atoms with van der Waals surface area (Å²) >= 11 is 1.61. The Morgan fingerprint density at radius 3 is 2.76 bits per heavy atom. The van der Waals surface area contributed by atoms with Gasteiger partial charge < -0.3 is 0 Å². The lowest BCUT2D eigenvalue weighted by atomic mass is 9.84. The molecule has 5 nitrogen and oxygen atoms in total. The van der Waals surface area contributed by atoms with Gasteiger partial charge in [-0.2, -0.15) is 10.4 Å². The Morgan fingerprint density at radius 2 is 2.08 bits per heavy atom. The number of aromatic amines is 1. The van der Waals surface area contributed by atoms with E-state index in [1.165, 1.54) is 0 Å². The highest BCUT2D eigenvalue weighted by atomic mass is 32.2. The molecular formula is C18H22FN5S. The fourth-order valence-electron chi connectivity index (χ4n) is 3.22. The molecular weight excluding hydrogens is 337 g/mol. The molecule has 1 aliphatic rings. The lowest BCUT2D eigenvalue weighted by Crippen LogP contribution is -2.30. The second kappa shape index (κ2) is 8.00. The Morgan fingerprint density at radius 1 is 1.32 bits per heavy atom. The molecule has 1 aliphatic carbocycles. The van der Waals surface area contributed by atoms with Crippen LogP contribution in [-0.4, -0.2) is 34.6 Å². The molecule has 0 bridgehead atoms. The van der Waals surface area contributed by atoms with Gasteiger partial charge in [0, 0.05) is 29.7 Å². The minimum absolute atomic E-state index is 0.169. The lowest BCUT2D eigenvalue weighted by Gasteiger charge is -2.28. The van der Waals surface area contributed by atoms with E-state index in [0.29, 0.717) is 28.6 Å². The van der Waals surface area contributed by atoms with E-state index in [4.69, 9.17) is 5.26 Å². The average Bonchev–Trinajstić information content (AvgIpc) is 3.02. The van der Waals surface area contributed by atoms with E-state index < -0.39 is 0 Å². The number of hydrogen-bond acceptors (Lipinski definition) is 5. The SMILES string of the molecule is CN(C)SNC1CCC(c2[nH]nc(-c3cccc(C#N)c3)c2F)CC1. The summed E-state index contributed by atoms with van der Waals surface area (Å²) in [5.74, 6) is -0.114. The van der Waals surface area contributed by atoms with Crippen molar-refractivity contribution in [3.63, 3.8) is 0 Å². The predicted octanol–water partition coefficient (Wildman–Crippen LogP) is 3.83. The van der Waals surface area contributed by atoms with E-state index in [2.05, 4.69) is 21.0 Å². The fraction of sp³-hybridized carbons (Fsp3) is 0.444. The summed E-state index contributed by atoms with van der Waals surface area (Å²) in [5.41, 5.74) is 2.04. The number of nitrogens with zero attached hydrogens (tertiary/aromatic N) is 3. The van der Waals surface area contributed by atoms with Gasteiger partial charge in [-0.05, 0) is 51.9 Å². The van der Waals surface area contributed by atoms with Crippen LogP contribution in [0.3, 0.4) is 0 Å². The second-order valence-electron chi connectivity index (χ2n) is 6.56. The molecule has 0 aliphatic heterocycles. The predicted molar refractivity (Wildman–Crippen MR) is 98.1 cm³/mol. The normalized spacial score (nSPS) is 20.6. The Balaban J connectivity index is 1.69. The first-order chi connectivity index (χ1) is 12.1. The molecule has 0 saturated heterocycles. The summed E-state index contributed by atoms with van der Waals surface area (Å²) in [6, 6.07) is 9.44. The highest BCUT2D eigenvalue weighted by Crippen LogP contribution is 2.36. The molecule has 25 heavy (non-hydrogen) atoms. The van der Waals surface area contributed by atoms with Gasteiger partial charge in [0.25, 0.3) is 0 Å². The van der Waals surface area contributed by atoms with Crippen molar-refractivity contribution in [2.45, 2.75) is 37.6 Å².